The first kappa shape index (κ1) is 58.5. The van der Waals surface area contributed by atoms with Crippen LogP contribution in [0.2, 0.25) is 0 Å². The van der Waals surface area contributed by atoms with E-state index in [0.717, 1.165) is 82.6 Å². The van der Waals surface area contributed by atoms with E-state index in [4.69, 9.17) is 9.47 Å². The summed E-state index contributed by atoms with van der Waals surface area (Å²) in [7, 11) is 0. The average molecular weight is 918 g/mol. The minimum Gasteiger partial charge on any atom is -0.460 e. The first-order valence-electron chi connectivity index (χ1n) is 26.8. The number of unbranched alkanes of at least 4 members (excludes halogenated alkanes) is 16. The van der Waals surface area contributed by atoms with Crippen molar-refractivity contribution < 1.29 is 27.8 Å². The van der Waals surface area contributed by atoms with Crippen molar-refractivity contribution in [3.8, 4) is 0 Å². The van der Waals surface area contributed by atoms with Crippen molar-refractivity contribution in [2.45, 2.75) is 214 Å². The molecule has 1 saturated heterocycles. The van der Waals surface area contributed by atoms with E-state index >= 15 is 8.78 Å². The summed E-state index contributed by atoms with van der Waals surface area (Å²) in [6.45, 7) is 10.6. The van der Waals surface area contributed by atoms with Crippen LogP contribution in [-0.4, -0.2) is 43.1 Å². The largest absolute Gasteiger partial charge is 0.460 e. The van der Waals surface area contributed by atoms with Crippen LogP contribution in [0.4, 0.5) is 8.78 Å². The molecule has 1 heterocycles. The zero-order chi connectivity index (χ0) is 47.7. The molecule has 66 heavy (non-hydrogen) atoms. The zero-order valence-electron chi connectivity index (χ0n) is 42.3. The summed E-state index contributed by atoms with van der Waals surface area (Å²) >= 11 is 0. The van der Waals surface area contributed by atoms with Crippen LogP contribution in [0, 0.1) is 11.8 Å². The molecule has 7 heteroatoms. The van der Waals surface area contributed by atoms with Crippen molar-refractivity contribution in [3.63, 3.8) is 0 Å². The van der Waals surface area contributed by atoms with Gasteiger partial charge in [0.2, 0.25) is 11.7 Å². The van der Waals surface area contributed by atoms with Crippen molar-refractivity contribution in [3.05, 3.63) is 107 Å². The Kier molecular flexibility index (Phi) is 35.9. The number of carbonyl (C=O) groups is 2. The molecule has 2 rings (SSSR count). The van der Waals surface area contributed by atoms with Gasteiger partial charge in [-0.2, -0.15) is 8.78 Å². The highest BCUT2D eigenvalue weighted by Gasteiger charge is 2.35. The molecule has 2 atom stereocenters. The molecule has 2 unspecified atom stereocenters. The standard InChI is InChI=1S/C59H93F2NO4/c1-5-9-13-17-21-25-29-36-42-52(43-37-30-26-22-18-14-10-6-2)56(60)58(63)65-49-54-47-62(46-51-40-34-33-35-41-51)48-55(54)50-66-59(64)57(61)53(44-38-31-27-23-19-15-11-7-3)45-39-32-28-24-20-16-12-8-4/h21-28,33-35,40-41,54-55H,5-20,29-32,36-39,42-50H2,1-4H3/b25-21-,26-22-,27-23-,28-24-. The molecule has 5 nitrogen and oxygen atoms in total. The number of hydrogen-bond acceptors (Lipinski definition) is 5. The smallest absolute Gasteiger partial charge is 0.367 e. The molecular formula is C59H93F2NO4. The Bertz CT molecular complexity index is 1420. The summed E-state index contributed by atoms with van der Waals surface area (Å²) < 4.78 is 43.7. The van der Waals surface area contributed by atoms with E-state index in [1.165, 1.54) is 77.0 Å². The Morgan fingerprint density at radius 1 is 0.485 bits per heavy atom. The molecule has 0 spiro atoms. The monoisotopic (exact) mass is 918 g/mol. The second-order valence-electron chi connectivity index (χ2n) is 18.7. The Hall–Kier alpha value is -3.58. The number of halogens is 2. The third-order valence-corrected chi connectivity index (χ3v) is 12.7. The molecule has 0 aliphatic carbocycles. The van der Waals surface area contributed by atoms with Crippen LogP contribution in [0.5, 0.6) is 0 Å². The van der Waals surface area contributed by atoms with E-state index in [1.54, 1.807) is 0 Å². The molecule has 0 N–H and O–H groups in total. The molecule has 1 aliphatic heterocycles. The second kappa shape index (κ2) is 40.5. The summed E-state index contributed by atoms with van der Waals surface area (Å²) in [5, 5.41) is 0. The first-order chi connectivity index (χ1) is 32.3. The number of nitrogens with zero attached hydrogens (tertiary/aromatic N) is 1. The molecule has 0 amide bonds. The number of ether oxygens (including phenoxy) is 2. The van der Waals surface area contributed by atoms with Crippen molar-refractivity contribution in [1.29, 1.82) is 0 Å². The van der Waals surface area contributed by atoms with Gasteiger partial charge >= 0.3 is 11.9 Å². The third kappa shape index (κ3) is 28.6. The van der Waals surface area contributed by atoms with Gasteiger partial charge in [-0.3, -0.25) is 4.90 Å². The van der Waals surface area contributed by atoms with E-state index in [2.05, 4.69) is 93.3 Å². The van der Waals surface area contributed by atoms with Gasteiger partial charge in [0.25, 0.3) is 0 Å². The van der Waals surface area contributed by atoms with E-state index in [0.29, 0.717) is 56.5 Å². The summed E-state index contributed by atoms with van der Waals surface area (Å²) in [4.78, 5) is 29.1. The topological polar surface area (TPSA) is 55.8 Å². The lowest BCUT2D eigenvalue weighted by Crippen LogP contribution is -2.26. The number of allylic oxidation sites excluding steroid dienone is 10. The fourth-order valence-electron chi connectivity index (χ4n) is 8.58. The first-order valence-corrected chi connectivity index (χ1v) is 26.8. The van der Waals surface area contributed by atoms with Gasteiger partial charge in [0.05, 0.1) is 13.2 Å². The van der Waals surface area contributed by atoms with Crippen LogP contribution < -0.4 is 0 Å². The van der Waals surface area contributed by atoms with Gasteiger partial charge in [-0.05, 0) is 145 Å². The number of benzene rings is 1. The van der Waals surface area contributed by atoms with Crippen molar-refractivity contribution in [2.24, 2.45) is 11.8 Å². The van der Waals surface area contributed by atoms with Crippen LogP contribution in [-0.2, 0) is 25.6 Å². The van der Waals surface area contributed by atoms with Crippen LogP contribution in [0.3, 0.4) is 0 Å². The lowest BCUT2D eigenvalue weighted by molar-refractivity contribution is -0.145. The average Bonchev–Trinajstić information content (AvgIpc) is 3.72. The predicted molar refractivity (Wildman–Crippen MR) is 275 cm³/mol. The number of carbonyl (C=O) groups excluding carboxylic acids is 2. The summed E-state index contributed by atoms with van der Waals surface area (Å²) in [5.74, 6) is -3.80. The Morgan fingerprint density at radius 2 is 0.788 bits per heavy atom. The number of esters is 2. The Morgan fingerprint density at radius 3 is 1.09 bits per heavy atom. The molecule has 0 radical (unpaired) electrons. The van der Waals surface area contributed by atoms with E-state index in [-0.39, 0.29) is 25.0 Å². The van der Waals surface area contributed by atoms with Gasteiger partial charge in [-0.1, -0.05) is 158 Å². The number of hydrogen-bond donors (Lipinski definition) is 0. The summed E-state index contributed by atoms with van der Waals surface area (Å²) in [5.41, 5.74) is 2.21. The predicted octanol–water partition coefficient (Wildman–Crippen LogP) is 17.5. The maximum Gasteiger partial charge on any atom is 0.367 e. The van der Waals surface area contributed by atoms with Gasteiger partial charge in [0.15, 0.2) is 0 Å². The van der Waals surface area contributed by atoms with Crippen molar-refractivity contribution >= 4 is 11.9 Å². The second-order valence-corrected chi connectivity index (χ2v) is 18.7. The molecule has 1 aromatic carbocycles. The minimum absolute atomic E-state index is 0.00443. The van der Waals surface area contributed by atoms with E-state index in [9.17, 15) is 9.59 Å². The molecule has 1 aliphatic rings. The van der Waals surface area contributed by atoms with E-state index < -0.39 is 23.6 Å². The van der Waals surface area contributed by atoms with Crippen LogP contribution >= 0.6 is 0 Å². The third-order valence-electron chi connectivity index (χ3n) is 12.7. The molecule has 372 valence electrons. The fourth-order valence-corrected chi connectivity index (χ4v) is 8.58. The molecule has 1 aromatic rings. The summed E-state index contributed by atoms with van der Waals surface area (Å²) in [6, 6.07) is 10.1. The molecular weight excluding hydrogens is 825 g/mol. The Balaban J connectivity index is 2.17. The maximum absolute atomic E-state index is 16.1. The van der Waals surface area contributed by atoms with E-state index in [1.807, 2.05) is 18.2 Å². The quantitative estimate of drug-likeness (QED) is 0.0284. The van der Waals surface area contributed by atoms with Gasteiger partial charge in [0.1, 0.15) is 0 Å². The molecule has 1 fully saturated rings. The highest BCUT2D eigenvalue weighted by atomic mass is 19.1. The minimum atomic E-state index is -0.919. The van der Waals surface area contributed by atoms with Crippen LogP contribution in [0.15, 0.2) is 102 Å². The van der Waals surface area contributed by atoms with Crippen LogP contribution in [0.25, 0.3) is 0 Å². The fraction of sp³-hybridized carbons (Fsp3) is 0.661. The summed E-state index contributed by atoms with van der Waals surface area (Å²) in [6.07, 6.45) is 44.8. The van der Waals surface area contributed by atoms with Gasteiger partial charge < -0.3 is 9.47 Å². The lowest BCUT2D eigenvalue weighted by Gasteiger charge is -2.19. The van der Waals surface area contributed by atoms with Crippen molar-refractivity contribution in [2.75, 3.05) is 26.3 Å². The van der Waals surface area contributed by atoms with Gasteiger partial charge in [0, 0.05) is 31.5 Å². The molecule has 0 aromatic heterocycles. The Labute approximate surface area is 402 Å². The van der Waals surface area contributed by atoms with Crippen molar-refractivity contribution in [1.82, 2.24) is 4.90 Å². The highest BCUT2D eigenvalue weighted by molar-refractivity contribution is 5.87. The van der Waals surface area contributed by atoms with Crippen LogP contribution in [0.1, 0.15) is 213 Å². The number of likely N-dealkylation sites (tertiary alicyclic amines) is 1. The zero-order valence-corrected chi connectivity index (χ0v) is 42.3. The molecule has 0 bridgehead atoms. The number of rotatable bonds is 40. The van der Waals surface area contributed by atoms with Gasteiger partial charge in [-0.25, -0.2) is 9.59 Å². The van der Waals surface area contributed by atoms with Gasteiger partial charge in [-0.15, -0.1) is 0 Å². The highest BCUT2D eigenvalue weighted by Crippen LogP contribution is 2.29. The normalized spacial score (nSPS) is 15.5. The lowest BCUT2D eigenvalue weighted by atomic mass is 9.97. The SMILES string of the molecule is CCCCC/C=C\CCCC(CCC/C=C\CCCCC)=C(F)C(=O)OCC1CN(Cc2ccccc2)CC1COC(=O)C(F)=C(CCC/C=C\CCCCC)CCC/C=C\CCCCC. The maximum atomic E-state index is 16.1. The molecule has 0 saturated carbocycles.